The van der Waals surface area contributed by atoms with Crippen LogP contribution in [0.1, 0.15) is 12.8 Å². The second kappa shape index (κ2) is 4.44. The number of rotatable bonds is 5. The average Bonchev–Trinajstić information content (AvgIpc) is 3.10. The maximum absolute atomic E-state index is 9.64. The minimum Gasteiger partial charge on any atom is -0.481 e. The summed E-state index contributed by atoms with van der Waals surface area (Å²) >= 11 is 0. The number of aliphatic hydroxyl groups is 1. The van der Waals surface area contributed by atoms with Crippen molar-refractivity contribution in [3.63, 3.8) is 0 Å². The van der Waals surface area contributed by atoms with Gasteiger partial charge in [-0.05, 0) is 18.8 Å². The number of aliphatic hydroxyl groups excluding tert-OH is 1. The third-order valence-electron chi connectivity index (χ3n) is 2.51. The first-order valence-corrected chi connectivity index (χ1v) is 5.07. The highest BCUT2D eigenvalue weighted by Gasteiger charge is 2.29. The number of ether oxygens (including phenoxy) is 1. The van der Waals surface area contributed by atoms with E-state index in [1.54, 1.807) is 13.2 Å². The summed E-state index contributed by atoms with van der Waals surface area (Å²) in [4.78, 5) is 7.92. The third-order valence-corrected chi connectivity index (χ3v) is 2.51. The Labute approximate surface area is 88.5 Å². The predicted octanol–water partition coefficient (Wildman–Crippen LogP) is 0.668. The molecule has 0 spiro atoms. The molecule has 15 heavy (non-hydrogen) atoms. The van der Waals surface area contributed by atoms with Gasteiger partial charge in [-0.2, -0.15) is 0 Å². The summed E-state index contributed by atoms with van der Waals surface area (Å²) in [5.74, 6) is 1.68. The SMILES string of the molecule is COc1cc(NCC(O)C2CC2)ncn1. The van der Waals surface area contributed by atoms with Gasteiger partial charge in [-0.1, -0.05) is 0 Å². The summed E-state index contributed by atoms with van der Waals surface area (Å²) in [5, 5.41) is 12.7. The van der Waals surface area contributed by atoms with Gasteiger partial charge in [0.1, 0.15) is 12.1 Å². The molecule has 0 radical (unpaired) electrons. The van der Waals surface area contributed by atoms with E-state index in [-0.39, 0.29) is 6.10 Å². The quantitative estimate of drug-likeness (QED) is 0.746. The van der Waals surface area contributed by atoms with Crippen LogP contribution in [0.3, 0.4) is 0 Å². The van der Waals surface area contributed by atoms with Gasteiger partial charge in [0.2, 0.25) is 5.88 Å². The number of aromatic nitrogens is 2. The fourth-order valence-corrected chi connectivity index (χ4v) is 1.40. The molecule has 1 aliphatic carbocycles. The number of hydrogen-bond donors (Lipinski definition) is 2. The van der Waals surface area contributed by atoms with E-state index in [2.05, 4.69) is 15.3 Å². The Bertz CT molecular complexity index is 328. The van der Waals surface area contributed by atoms with Crippen molar-refractivity contribution in [3.05, 3.63) is 12.4 Å². The van der Waals surface area contributed by atoms with E-state index >= 15 is 0 Å². The van der Waals surface area contributed by atoms with Crippen molar-refractivity contribution in [3.8, 4) is 5.88 Å². The van der Waals surface area contributed by atoms with Crippen LogP contribution in [0, 0.1) is 5.92 Å². The van der Waals surface area contributed by atoms with Crippen LogP contribution >= 0.6 is 0 Å². The minimum atomic E-state index is -0.272. The largest absolute Gasteiger partial charge is 0.481 e. The lowest BCUT2D eigenvalue weighted by Gasteiger charge is -2.11. The van der Waals surface area contributed by atoms with Gasteiger partial charge in [-0.25, -0.2) is 9.97 Å². The molecule has 1 heterocycles. The first-order chi connectivity index (χ1) is 7.29. The van der Waals surface area contributed by atoms with Crippen LogP contribution < -0.4 is 10.1 Å². The first-order valence-electron chi connectivity index (χ1n) is 5.07. The molecule has 0 amide bonds. The molecule has 1 aromatic heterocycles. The summed E-state index contributed by atoms with van der Waals surface area (Å²) in [6.07, 6.45) is 3.43. The molecule has 0 bridgehead atoms. The molecule has 5 heteroatoms. The normalized spacial score (nSPS) is 17.2. The average molecular weight is 209 g/mol. The molecule has 1 unspecified atom stereocenters. The van der Waals surface area contributed by atoms with Crippen molar-refractivity contribution in [1.29, 1.82) is 0 Å². The summed E-state index contributed by atoms with van der Waals surface area (Å²) in [5.41, 5.74) is 0. The summed E-state index contributed by atoms with van der Waals surface area (Å²) < 4.78 is 4.97. The van der Waals surface area contributed by atoms with Crippen LogP contribution in [0.15, 0.2) is 12.4 Å². The van der Waals surface area contributed by atoms with Gasteiger partial charge in [0, 0.05) is 12.6 Å². The Balaban J connectivity index is 1.86. The molecule has 1 fully saturated rings. The van der Waals surface area contributed by atoms with Crippen molar-refractivity contribution in [2.75, 3.05) is 19.0 Å². The van der Waals surface area contributed by atoms with E-state index in [4.69, 9.17) is 4.74 Å². The molecule has 82 valence electrons. The summed E-state index contributed by atoms with van der Waals surface area (Å²) in [7, 11) is 1.56. The van der Waals surface area contributed by atoms with E-state index in [0.29, 0.717) is 24.2 Å². The maximum atomic E-state index is 9.64. The van der Waals surface area contributed by atoms with Gasteiger partial charge in [0.25, 0.3) is 0 Å². The fourth-order valence-electron chi connectivity index (χ4n) is 1.40. The van der Waals surface area contributed by atoms with E-state index in [1.807, 2.05) is 0 Å². The molecular weight excluding hydrogens is 194 g/mol. The van der Waals surface area contributed by atoms with Crippen LogP contribution in [-0.2, 0) is 0 Å². The van der Waals surface area contributed by atoms with Gasteiger partial charge >= 0.3 is 0 Å². The standard InChI is InChI=1S/C10H15N3O2/c1-15-10-4-9(12-6-13-10)11-5-8(14)7-2-3-7/h4,6-8,14H,2-3,5H2,1H3,(H,11,12,13). The number of anilines is 1. The lowest BCUT2D eigenvalue weighted by atomic mass is 10.2. The first kappa shape index (κ1) is 10.2. The van der Waals surface area contributed by atoms with Gasteiger partial charge in [0.15, 0.2) is 0 Å². The van der Waals surface area contributed by atoms with Crippen molar-refractivity contribution in [1.82, 2.24) is 9.97 Å². The van der Waals surface area contributed by atoms with Crippen LogP contribution in [0.2, 0.25) is 0 Å². The zero-order chi connectivity index (χ0) is 10.7. The zero-order valence-corrected chi connectivity index (χ0v) is 8.68. The topological polar surface area (TPSA) is 67.3 Å². The molecule has 0 aliphatic heterocycles. The molecule has 5 nitrogen and oxygen atoms in total. The maximum Gasteiger partial charge on any atom is 0.218 e. The number of methoxy groups -OCH3 is 1. The van der Waals surface area contributed by atoms with E-state index < -0.39 is 0 Å². The fraction of sp³-hybridized carbons (Fsp3) is 0.600. The van der Waals surface area contributed by atoms with Gasteiger partial charge in [-0.15, -0.1) is 0 Å². The zero-order valence-electron chi connectivity index (χ0n) is 8.68. The Morgan fingerprint density at radius 2 is 2.40 bits per heavy atom. The van der Waals surface area contributed by atoms with Crippen LogP contribution in [0.4, 0.5) is 5.82 Å². The highest BCUT2D eigenvalue weighted by atomic mass is 16.5. The van der Waals surface area contributed by atoms with E-state index in [0.717, 1.165) is 12.8 Å². The molecule has 1 saturated carbocycles. The number of nitrogens with zero attached hydrogens (tertiary/aromatic N) is 2. The third kappa shape index (κ3) is 2.79. The van der Waals surface area contributed by atoms with Gasteiger partial charge < -0.3 is 15.2 Å². The highest BCUT2D eigenvalue weighted by molar-refractivity contribution is 5.37. The molecule has 0 saturated heterocycles. The molecule has 2 N–H and O–H groups in total. The minimum absolute atomic E-state index is 0.272. The predicted molar refractivity (Wildman–Crippen MR) is 55.8 cm³/mol. The Morgan fingerprint density at radius 3 is 3.07 bits per heavy atom. The molecule has 2 rings (SSSR count). The van der Waals surface area contributed by atoms with Gasteiger partial charge in [0.05, 0.1) is 13.2 Å². The van der Waals surface area contributed by atoms with Crippen molar-refractivity contribution >= 4 is 5.82 Å². The number of hydrogen-bond acceptors (Lipinski definition) is 5. The van der Waals surface area contributed by atoms with E-state index in [9.17, 15) is 5.11 Å². The number of nitrogens with one attached hydrogen (secondary N) is 1. The lowest BCUT2D eigenvalue weighted by Crippen LogP contribution is -2.21. The van der Waals surface area contributed by atoms with Crippen molar-refractivity contribution in [2.24, 2.45) is 5.92 Å². The Morgan fingerprint density at radius 1 is 1.60 bits per heavy atom. The lowest BCUT2D eigenvalue weighted by molar-refractivity contribution is 0.164. The molecule has 0 aromatic carbocycles. The van der Waals surface area contributed by atoms with Crippen LogP contribution in [0.25, 0.3) is 0 Å². The summed E-state index contributed by atoms with van der Waals surface area (Å²) in [6, 6.07) is 1.71. The second-order valence-corrected chi connectivity index (χ2v) is 3.73. The summed E-state index contributed by atoms with van der Waals surface area (Å²) in [6.45, 7) is 0.533. The smallest absolute Gasteiger partial charge is 0.218 e. The Hall–Kier alpha value is -1.36. The van der Waals surface area contributed by atoms with Crippen LogP contribution in [-0.4, -0.2) is 34.8 Å². The monoisotopic (exact) mass is 209 g/mol. The van der Waals surface area contributed by atoms with Crippen molar-refractivity contribution in [2.45, 2.75) is 18.9 Å². The molecule has 1 aliphatic rings. The molecule has 1 aromatic rings. The Kier molecular flexibility index (Phi) is 3.01. The second-order valence-electron chi connectivity index (χ2n) is 3.73. The van der Waals surface area contributed by atoms with Gasteiger partial charge in [-0.3, -0.25) is 0 Å². The van der Waals surface area contributed by atoms with Crippen LogP contribution in [0.5, 0.6) is 5.88 Å². The molecule has 1 atom stereocenters. The van der Waals surface area contributed by atoms with Crippen molar-refractivity contribution < 1.29 is 9.84 Å². The molecular formula is C10H15N3O2. The highest BCUT2D eigenvalue weighted by Crippen LogP contribution is 2.32. The van der Waals surface area contributed by atoms with E-state index in [1.165, 1.54) is 6.33 Å².